The SMILES string of the molecule is CN(C)CCc1cn(S(=O)(=O)c2cccc3ccccc23)c2sccc12. The molecule has 0 fully saturated rings. The highest BCUT2D eigenvalue weighted by molar-refractivity contribution is 7.90. The summed E-state index contributed by atoms with van der Waals surface area (Å²) in [6, 6.07) is 15.0. The zero-order chi connectivity index (χ0) is 18.3. The summed E-state index contributed by atoms with van der Waals surface area (Å²) in [5.74, 6) is 0. The molecular formula is C20H20N2O2S2. The number of benzene rings is 2. The highest BCUT2D eigenvalue weighted by atomic mass is 32.2. The van der Waals surface area contributed by atoms with Crippen molar-refractivity contribution in [2.75, 3.05) is 20.6 Å². The van der Waals surface area contributed by atoms with Gasteiger partial charge in [0.05, 0.1) is 4.90 Å². The van der Waals surface area contributed by atoms with Crippen LogP contribution in [0.2, 0.25) is 0 Å². The first-order chi connectivity index (χ1) is 12.5. The zero-order valence-electron chi connectivity index (χ0n) is 14.7. The fourth-order valence-electron chi connectivity index (χ4n) is 3.23. The first-order valence-electron chi connectivity index (χ1n) is 8.44. The molecule has 0 bridgehead atoms. The van der Waals surface area contributed by atoms with Gasteiger partial charge in [-0.25, -0.2) is 12.4 Å². The Labute approximate surface area is 157 Å². The van der Waals surface area contributed by atoms with Gasteiger partial charge in [0.15, 0.2) is 0 Å². The molecule has 2 aromatic carbocycles. The molecule has 2 aromatic heterocycles. The molecule has 0 unspecified atom stereocenters. The number of nitrogens with zero attached hydrogens (tertiary/aromatic N) is 2. The predicted molar refractivity (Wildman–Crippen MR) is 109 cm³/mol. The van der Waals surface area contributed by atoms with Crippen molar-refractivity contribution < 1.29 is 8.42 Å². The average molecular weight is 385 g/mol. The summed E-state index contributed by atoms with van der Waals surface area (Å²) >= 11 is 1.47. The van der Waals surface area contributed by atoms with Crippen LogP contribution in [-0.4, -0.2) is 37.9 Å². The van der Waals surface area contributed by atoms with Crippen molar-refractivity contribution in [3.05, 3.63) is 65.7 Å². The Kier molecular flexibility index (Phi) is 4.34. The van der Waals surface area contributed by atoms with Crippen LogP contribution >= 0.6 is 11.3 Å². The van der Waals surface area contributed by atoms with Gasteiger partial charge in [0.1, 0.15) is 4.83 Å². The van der Waals surface area contributed by atoms with Crippen LogP contribution in [-0.2, 0) is 16.4 Å². The molecule has 4 nitrogen and oxygen atoms in total. The average Bonchev–Trinajstić information content (AvgIpc) is 3.22. The van der Waals surface area contributed by atoms with Crippen molar-refractivity contribution in [1.29, 1.82) is 0 Å². The number of thiophene rings is 1. The summed E-state index contributed by atoms with van der Waals surface area (Å²) in [6.45, 7) is 0.878. The lowest BCUT2D eigenvalue weighted by atomic mass is 10.1. The Morgan fingerprint density at radius 3 is 2.58 bits per heavy atom. The Bertz CT molecular complexity index is 1180. The van der Waals surface area contributed by atoms with E-state index in [2.05, 4.69) is 4.90 Å². The summed E-state index contributed by atoms with van der Waals surface area (Å²) in [5, 5.41) is 4.67. The summed E-state index contributed by atoms with van der Waals surface area (Å²) < 4.78 is 28.4. The molecule has 6 heteroatoms. The molecule has 0 saturated heterocycles. The molecule has 0 saturated carbocycles. The number of aromatic nitrogens is 1. The van der Waals surface area contributed by atoms with Crippen molar-refractivity contribution in [2.45, 2.75) is 11.3 Å². The number of hydrogen-bond donors (Lipinski definition) is 0. The van der Waals surface area contributed by atoms with E-state index in [-0.39, 0.29) is 0 Å². The lowest BCUT2D eigenvalue weighted by molar-refractivity contribution is 0.414. The van der Waals surface area contributed by atoms with E-state index in [4.69, 9.17) is 0 Å². The normalized spacial score (nSPS) is 12.4. The third-order valence-corrected chi connectivity index (χ3v) is 7.32. The minimum atomic E-state index is -3.67. The van der Waals surface area contributed by atoms with E-state index in [9.17, 15) is 8.42 Å². The molecule has 0 radical (unpaired) electrons. The molecule has 0 amide bonds. The van der Waals surface area contributed by atoms with Gasteiger partial charge in [-0.15, -0.1) is 11.3 Å². The molecule has 0 aliphatic rings. The minimum Gasteiger partial charge on any atom is -0.309 e. The Morgan fingerprint density at radius 1 is 1.00 bits per heavy atom. The highest BCUT2D eigenvalue weighted by Gasteiger charge is 2.23. The van der Waals surface area contributed by atoms with Gasteiger partial charge in [0.2, 0.25) is 0 Å². The molecule has 0 spiro atoms. The Balaban J connectivity index is 1.90. The van der Waals surface area contributed by atoms with Crippen LogP contribution in [0.1, 0.15) is 5.56 Å². The first-order valence-corrected chi connectivity index (χ1v) is 10.8. The van der Waals surface area contributed by atoms with Crippen LogP contribution in [0.3, 0.4) is 0 Å². The second kappa shape index (κ2) is 6.54. The Morgan fingerprint density at radius 2 is 1.77 bits per heavy atom. The van der Waals surface area contributed by atoms with Gasteiger partial charge in [-0.3, -0.25) is 0 Å². The van der Waals surface area contributed by atoms with Crippen LogP contribution in [0.15, 0.2) is 65.0 Å². The number of fused-ring (bicyclic) bond motifs is 2. The molecule has 4 rings (SSSR count). The molecule has 0 aliphatic carbocycles. The number of rotatable bonds is 5. The van der Waals surface area contributed by atoms with Gasteiger partial charge in [0, 0.05) is 23.5 Å². The van der Waals surface area contributed by atoms with Crippen LogP contribution in [0.5, 0.6) is 0 Å². The lowest BCUT2D eigenvalue weighted by Gasteiger charge is -2.10. The van der Waals surface area contributed by atoms with Crippen LogP contribution in [0.25, 0.3) is 21.0 Å². The second-order valence-corrected chi connectivity index (χ2v) is 9.30. The maximum absolute atomic E-state index is 13.5. The predicted octanol–water partition coefficient (Wildman–Crippen LogP) is 4.20. The van der Waals surface area contributed by atoms with E-state index in [0.29, 0.717) is 4.90 Å². The largest absolute Gasteiger partial charge is 0.309 e. The standard InChI is InChI=1S/C20H20N2O2S2/c1-21(2)12-10-16-14-22(20-18(16)11-13-25-20)26(23,24)19-9-5-7-15-6-3-4-8-17(15)19/h3-9,11,13-14H,10,12H2,1-2H3. The first kappa shape index (κ1) is 17.3. The van der Waals surface area contributed by atoms with Gasteiger partial charge in [-0.05, 0) is 49.0 Å². The Hall–Kier alpha value is -2.15. The van der Waals surface area contributed by atoms with E-state index < -0.39 is 10.0 Å². The van der Waals surface area contributed by atoms with Crippen molar-refractivity contribution in [2.24, 2.45) is 0 Å². The van der Waals surface area contributed by atoms with E-state index in [1.165, 1.54) is 15.3 Å². The van der Waals surface area contributed by atoms with Gasteiger partial charge in [0.25, 0.3) is 10.0 Å². The van der Waals surface area contributed by atoms with Crippen LogP contribution in [0.4, 0.5) is 0 Å². The minimum absolute atomic E-state index is 0.347. The van der Waals surface area contributed by atoms with Gasteiger partial charge in [-0.2, -0.15) is 0 Å². The van der Waals surface area contributed by atoms with Crippen LogP contribution in [0, 0.1) is 0 Å². The van der Waals surface area contributed by atoms with Gasteiger partial charge in [-0.1, -0.05) is 36.4 Å². The maximum atomic E-state index is 13.5. The molecule has 2 heterocycles. The number of hydrogen-bond acceptors (Lipinski definition) is 4. The van der Waals surface area contributed by atoms with E-state index in [1.807, 2.05) is 55.9 Å². The molecule has 0 N–H and O–H groups in total. The molecular weight excluding hydrogens is 364 g/mol. The summed E-state index contributed by atoms with van der Waals surface area (Å²) in [6.07, 6.45) is 2.61. The monoisotopic (exact) mass is 384 g/mol. The fraction of sp³-hybridized carbons (Fsp3) is 0.200. The topological polar surface area (TPSA) is 42.3 Å². The second-order valence-electron chi connectivity index (χ2n) is 6.63. The van der Waals surface area contributed by atoms with Crippen molar-refractivity contribution >= 4 is 42.3 Å². The fourth-order valence-corrected chi connectivity index (χ4v) is 5.98. The third kappa shape index (κ3) is 2.84. The summed E-state index contributed by atoms with van der Waals surface area (Å²) in [5.41, 5.74) is 1.07. The third-order valence-electron chi connectivity index (χ3n) is 4.58. The molecule has 0 atom stereocenters. The highest BCUT2D eigenvalue weighted by Crippen LogP contribution is 2.32. The molecule has 134 valence electrons. The zero-order valence-corrected chi connectivity index (χ0v) is 16.3. The van der Waals surface area contributed by atoms with Crippen molar-refractivity contribution in [1.82, 2.24) is 8.87 Å². The molecule has 0 aliphatic heterocycles. The lowest BCUT2D eigenvalue weighted by Crippen LogP contribution is -2.15. The van der Waals surface area contributed by atoms with Gasteiger partial charge >= 0.3 is 0 Å². The number of likely N-dealkylation sites (N-methyl/N-ethyl adjacent to an activating group) is 1. The smallest absolute Gasteiger partial charge is 0.269 e. The van der Waals surface area contributed by atoms with E-state index in [1.54, 1.807) is 18.3 Å². The molecule has 4 aromatic rings. The quantitative estimate of drug-likeness (QED) is 0.518. The summed E-state index contributed by atoms with van der Waals surface area (Å²) in [7, 11) is 0.379. The molecule has 26 heavy (non-hydrogen) atoms. The maximum Gasteiger partial charge on any atom is 0.269 e. The van der Waals surface area contributed by atoms with Crippen molar-refractivity contribution in [3.63, 3.8) is 0 Å². The van der Waals surface area contributed by atoms with E-state index in [0.717, 1.165) is 39.5 Å². The van der Waals surface area contributed by atoms with Crippen molar-refractivity contribution in [3.8, 4) is 0 Å². The van der Waals surface area contributed by atoms with Gasteiger partial charge < -0.3 is 4.90 Å². The van der Waals surface area contributed by atoms with Crippen LogP contribution < -0.4 is 0 Å². The summed E-state index contributed by atoms with van der Waals surface area (Å²) in [4.78, 5) is 3.24. The van der Waals surface area contributed by atoms with E-state index >= 15 is 0 Å².